The molecule has 0 saturated carbocycles. The summed E-state index contributed by atoms with van der Waals surface area (Å²) in [5.74, 6) is 0.320. The van der Waals surface area contributed by atoms with Gasteiger partial charge in [0.1, 0.15) is 5.75 Å². The second-order valence-corrected chi connectivity index (χ2v) is 7.51. The average molecular weight is 404 g/mol. The molecule has 4 rings (SSSR count). The highest BCUT2D eigenvalue weighted by molar-refractivity contribution is 7.79. The molecule has 1 aliphatic rings. The Labute approximate surface area is 165 Å². The number of rotatable bonds is 6. The molecule has 8 heteroatoms. The number of hydrogen-bond acceptors (Lipinski definition) is 6. The highest BCUT2D eigenvalue weighted by Gasteiger charge is 2.15. The summed E-state index contributed by atoms with van der Waals surface area (Å²) in [7, 11) is 0. The van der Waals surface area contributed by atoms with Crippen molar-refractivity contribution < 1.29 is 13.9 Å². The molecule has 3 heterocycles. The molecule has 2 aromatic heterocycles. The van der Waals surface area contributed by atoms with Crippen molar-refractivity contribution in [2.24, 2.45) is 0 Å². The molecule has 140 valence electrons. The van der Waals surface area contributed by atoms with Crippen molar-refractivity contribution in [1.29, 1.82) is 0 Å². The van der Waals surface area contributed by atoms with E-state index in [1.807, 2.05) is 0 Å². The number of halogens is 1. The maximum Gasteiger partial charge on any atom is 0.167 e. The van der Waals surface area contributed by atoms with Crippen molar-refractivity contribution in [3.8, 4) is 11.5 Å². The highest BCUT2D eigenvalue weighted by Crippen LogP contribution is 2.36. The summed E-state index contributed by atoms with van der Waals surface area (Å²) in [5, 5.41) is 2.78. The number of pyridine rings is 1. The number of thiocarbonyl (C=S) groups is 1. The van der Waals surface area contributed by atoms with E-state index in [0.717, 1.165) is 43.1 Å². The Morgan fingerprint density at radius 2 is 2.11 bits per heavy atom. The standard InChI is InChI=1S/C19H18FN3O2S2/c20-15-9-13(22-12-26)1-2-17(15)25-18-3-4-21-16-10-14(27-19(16)18)11-23-5-7-24-8-6-23/h1-4,9-10,12H,5-8,11H2,(H,22,26). The Morgan fingerprint density at radius 3 is 2.89 bits per heavy atom. The lowest BCUT2D eigenvalue weighted by atomic mass is 10.3. The number of anilines is 1. The number of nitrogens with zero attached hydrogens (tertiary/aromatic N) is 2. The molecule has 0 spiro atoms. The lowest BCUT2D eigenvalue weighted by molar-refractivity contribution is 0.0346. The average Bonchev–Trinajstić information content (AvgIpc) is 3.08. The van der Waals surface area contributed by atoms with Crippen LogP contribution in [0.3, 0.4) is 0 Å². The number of benzene rings is 1. The third-order valence-electron chi connectivity index (χ3n) is 4.29. The zero-order chi connectivity index (χ0) is 18.6. The van der Waals surface area contributed by atoms with E-state index in [0.29, 0.717) is 11.4 Å². The highest BCUT2D eigenvalue weighted by atomic mass is 32.1. The van der Waals surface area contributed by atoms with Crippen LogP contribution in [0.4, 0.5) is 10.1 Å². The van der Waals surface area contributed by atoms with Crippen molar-refractivity contribution in [2.75, 3.05) is 31.6 Å². The van der Waals surface area contributed by atoms with Gasteiger partial charge >= 0.3 is 0 Å². The van der Waals surface area contributed by atoms with Crippen LogP contribution in [0.5, 0.6) is 11.5 Å². The molecular weight excluding hydrogens is 385 g/mol. The smallest absolute Gasteiger partial charge is 0.167 e. The van der Waals surface area contributed by atoms with E-state index in [9.17, 15) is 4.39 Å². The number of ether oxygens (including phenoxy) is 2. The van der Waals surface area contributed by atoms with Crippen molar-refractivity contribution in [3.63, 3.8) is 0 Å². The van der Waals surface area contributed by atoms with Gasteiger partial charge in [0.05, 0.1) is 28.9 Å². The van der Waals surface area contributed by atoms with Gasteiger partial charge in [0.2, 0.25) is 0 Å². The van der Waals surface area contributed by atoms with E-state index < -0.39 is 5.82 Å². The first-order valence-corrected chi connectivity index (χ1v) is 9.87. The van der Waals surface area contributed by atoms with Gasteiger partial charge in [-0.05, 0) is 18.2 Å². The molecule has 0 unspecified atom stereocenters. The van der Waals surface area contributed by atoms with Gasteiger partial charge in [0.15, 0.2) is 11.6 Å². The van der Waals surface area contributed by atoms with Crippen molar-refractivity contribution in [3.05, 3.63) is 47.2 Å². The van der Waals surface area contributed by atoms with Gasteiger partial charge in [-0.15, -0.1) is 11.3 Å². The molecule has 1 aromatic carbocycles. The molecule has 5 nitrogen and oxygen atoms in total. The Balaban J connectivity index is 1.57. The van der Waals surface area contributed by atoms with E-state index >= 15 is 0 Å². The zero-order valence-electron chi connectivity index (χ0n) is 14.5. The number of aromatic nitrogens is 1. The number of nitrogens with one attached hydrogen (secondary N) is 1. The van der Waals surface area contributed by atoms with Gasteiger partial charge in [-0.3, -0.25) is 9.88 Å². The fourth-order valence-electron chi connectivity index (χ4n) is 2.96. The summed E-state index contributed by atoms with van der Waals surface area (Å²) >= 11 is 6.35. The zero-order valence-corrected chi connectivity index (χ0v) is 16.1. The molecule has 0 aliphatic carbocycles. The first kappa shape index (κ1) is 18.2. The molecule has 1 saturated heterocycles. The Kier molecular flexibility index (Phi) is 5.58. The Morgan fingerprint density at radius 1 is 1.26 bits per heavy atom. The van der Waals surface area contributed by atoms with Crippen LogP contribution in [0, 0.1) is 5.82 Å². The quantitative estimate of drug-likeness (QED) is 0.615. The topological polar surface area (TPSA) is 46.6 Å². The van der Waals surface area contributed by atoms with Crippen LogP contribution in [0.1, 0.15) is 4.88 Å². The van der Waals surface area contributed by atoms with Crippen LogP contribution in [0.25, 0.3) is 10.2 Å². The van der Waals surface area contributed by atoms with Crippen LogP contribution in [-0.2, 0) is 11.3 Å². The maximum atomic E-state index is 14.3. The molecule has 0 radical (unpaired) electrons. The van der Waals surface area contributed by atoms with Crippen LogP contribution in [0.2, 0.25) is 0 Å². The van der Waals surface area contributed by atoms with E-state index in [4.69, 9.17) is 21.7 Å². The van der Waals surface area contributed by atoms with Gasteiger partial charge < -0.3 is 14.8 Å². The fourth-order valence-corrected chi connectivity index (χ4v) is 4.20. The van der Waals surface area contributed by atoms with E-state index in [1.54, 1.807) is 35.7 Å². The second-order valence-electron chi connectivity index (χ2n) is 6.13. The minimum Gasteiger partial charge on any atom is -0.453 e. The van der Waals surface area contributed by atoms with Crippen molar-refractivity contribution in [1.82, 2.24) is 9.88 Å². The maximum absolute atomic E-state index is 14.3. The van der Waals surface area contributed by atoms with Gasteiger partial charge in [0, 0.05) is 48.5 Å². The minimum absolute atomic E-state index is 0.167. The van der Waals surface area contributed by atoms with Crippen LogP contribution in [-0.4, -0.2) is 41.7 Å². The monoisotopic (exact) mass is 403 g/mol. The molecule has 0 bridgehead atoms. The minimum atomic E-state index is -0.452. The summed E-state index contributed by atoms with van der Waals surface area (Å²) in [6.45, 7) is 4.25. The molecule has 27 heavy (non-hydrogen) atoms. The van der Waals surface area contributed by atoms with Crippen molar-refractivity contribution >= 4 is 45.0 Å². The largest absolute Gasteiger partial charge is 0.453 e. The third kappa shape index (κ3) is 4.24. The third-order valence-corrected chi connectivity index (χ3v) is 5.53. The summed E-state index contributed by atoms with van der Waals surface area (Å²) in [6, 6.07) is 8.50. The number of fused-ring (bicyclic) bond motifs is 1. The number of morpholine rings is 1. The van der Waals surface area contributed by atoms with Gasteiger partial charge in [0.25, 0.3) is 0 Å². The Bertz CT molecular complexity index is 957. The molecule has 0 atom stereocenters. The first-order chi connectivity index (χ1) is 13.2. The lowest BCUT2D eigenvalue weighted by Gasteiger charge is -2.25. The van der Waals surface area contributed by atoms with Gasteiger partial charge in [-0.2, -0.15) is 0 Å². The SMILES string of the molecule is Fc1cc(NC=S)ccc1Oc1ccnc2cc(CN3CCOCC3)sc12. The van der Waals surface area contributed by atoms with Crippen LogP contribution in [0.15, 0.2) is 36.5 Å². The molecule has 0 amide bonds. The van der Waals surface area contributed by atoms with Crippen molar-refractivity contribution in [2.45, 2.75) is 6.54 Å². The van der Waals surface area contributed by atoms with Crippen LogP contribution >= 0.6 is 23.6 Å². The van der Waals surface area contributed by atoms with E-state index in [1.165, 1.54) is 16.4 Å². The lowest BCUT2D eigenvalue weighted by Crippen LogP contribution is -2.35. The normalized spacial score (nSPS) is 15.0. The number of hydrogen-bond donors (Lipinski definition) is 1. The number of thiophene rings is 1. The molecule has 1 N–H and O–H groups in total. The van der Waals surface area contributed by atoms with Gasteiger partial charge in [-0.1, -0.05) is 12.2 Å². The summed E-state index contributed by atoms with van der Waals surface area (Å²) < 4.78 is 26.5. The summed E-state index contributed by atoms with van der Waals surface area (Å²) in [4.78, 5) is 7.99. The fraction of sp³-hybridized carbons (Fsp3) is 0.263. The summed E-state index contributed by atoms with van der Waals surface area (Å²) in [6.07, 6.45) is 1.68. The Hall–Kier alpha value is -2.13. The summed E-state index contributed by atoms with van der Waals surface area (Å²) in [5.41, 5.74) is 2.78. The molecule has 3 aromatic rings. The van der Waals surface area contributed by atoms with E-state index in [-0.39, 0.29) is 5.75 Å². The first-order valence-electron chi connectivity index (χ1n) is 8.58. The predicted octanol–water partition coefficient (Wildman–Crippen LogP) is 4.43. The molecule has 1 fully saturated rings. The van der Waals surface area contributed by atoms with E-state index in [2.05, 4.69) is 21.3 Å². The van der Waals surface area contributed by atoms with Gasteiger partial charge in [-0.25, -0.2) is 4.39 Å². The predicted molar refractivity (Wildman–Crippen MR) is 109 cm³/mol. The van der Waals surface area contributed by atoms with Crippen LogP contribution < -0.4 is 10.1 Å². The second kappa shape index (κ2) is 8.26. The molecular formula is C19H18FN3O2S2. The molecule has 1 aliphatic heterocycles.